The van der Waals surface area contributed by atoms with Gasteiger partial charge < -0.3 is 34.9 Å². The first-order valence-corrected chi connectivity index (χ1v) is 43.4. The lowest BCUT2D eigenvalue weighted by molar-refractivity contribution is -0.124. The first-order valence-electron chi connectivity index (χ1n) is 34.3. The fourth-order valence-corrected chi connectivity index (χ4v) is 16.9. The molecule has 0 aliphatic heterocycles. The van der Waals surface area contributed by atoms with Gasteiger partial charge in [-0.3, -0.25) is 33.1 Å². The molecule has 0 saturated carbocycles. The first-order chi connectivity index (χ1) is 52.5. The molecule has 0 saturated heterocycles. The number of aryl methyl sites for hydroxylation is 1. The van der Waals surface area contributed by atoms with Gasteiger partial charge in [0.15, 0.2) is 5.84 Å². The summed E-state index contributed by atoms with van der Waals surface area (Å²) in [5.74, 6) is 0.485. The van der Waals surface area contributed by atoms with Gasteiger partial charge >= 0.3 is 5.66 Å². The summed E-state index contributed by atoms with van der Waals surface area (Å²) in [5, 5.41) is 22.4. The maximum Gasteiger partial charge on any atom is 0.337 e. The number of nitrogens with two attached hydrogens (primary N) is 2. The Morgan fingerprint density at radius 3 is 1.08 bits per heavy atom. The minimum atomic E-state index is -3.44. The molecule has 1 amide bonds. The van der Waals surface area contributed by atoms with E-state index in [1.54, 1.807) is 127 Å². The number of carbonyl (C=O) groups is 1. The van der Waals surface area contributed by atoms with Crippen LogP contribution in [0.3, 0.4) is 0 Å². The van der Waals surface area contributed by atoms with Crippen molar-refractivity contribution in [1.29, 1.82) is 0 Å². The Morgan fingerprint density at radius 2 is 0.775 bits per heavy atom. The molecule has 580 valence electrons. The monoisotopic (exact) mass is 1660 g/mol. The Morgan fingerprint density at radius 1 is 0.459 bits per heavy atom. The molecular weight excluding hydrogens is 1580 g/mol. The van der Waals surface area contributed by atoms with Gasteiger partial charge in [0.1, 0.15) is 16.6 Å². The summed E-state index contributed by atoms with van der Waals surface area (Å²) in [5.41, 5.74) is 16.5. The van der Waals surface area contributed by atoms with Gasteiger partial charge in [-0.1, -0.05) is 145 Å². The molecule has 9 N–H and O–H groups in total. The largest absolute Gasteiger partial charge is 0.409 e. The Labute approximate surface area is 663 Å². The lowest BCUT2D eigenvalue weighted by atomic mass is 9.85. The molecule has 25 nitrogen and oxygen atoms in total. The number of rotatable bonds is 23. The van der Waals surface area contributed by atoms with E-state index in [0.717, 1.165) is 69.0 Å². The molecule has 0 fully saturated rings. The predicted molar refractivity (Wildman–Crippen MR) is 444 cm³/mol. The SMILES string of the molecule is CC[C@@](c1ccc(Cl)cc1)(c1noc(C)n1)n1ccc2c(NS(C)(=O)=O)cccc21.CC[C@](/C(N)=N\O)(c1ccc(Cl)cc1)n1ccc2c(NS(C)(=O)=O)cccc21.CC[C@](C(N)=O)(c1ccc(Cl)cc1)n1ccc2c(NS(C)(=O)=O)cccc21.[C-]#[N+][C@@](CC)(c1ccc(Cl)cc1)n1ccc2c(NS(C)(=O)=O)cccc21. The Bertz CT molecular complexity index is 6150. The lowest BCUT2D eigenvalue weighted by Crippen LogP contribution is -2.46. The number of nitrogens with zero attached hydrogens (tertiary/aromatic N) is 8. The van der Waals surface area contributed by atoms with Crippen molar-refractivity contribution in [3.63, 3.8) is 0 Å². The minimum Gasteiger partial charge on any atom is -0.409 e. The van der Waals surface area contributed by atoms with Crippen molar-refractivity contribution in [3.8, 4) is 0 Å². The highest BCUT2D eigenvalue weighted by atomic mass is 35.5. The van der Waals surface area contributed by atoms with E-state index in [1.807, 2.05) is 140 Å². The Kier molecular flexibility index (Phi) is 24.8. The average molecular weight is 1660 g/mol. The average Bonchev–Trinajstić information content (AvgIpc) is 1.57. The third-order valence-corrected chi connectivity index (χ3v) is 22.4. The Hall–Kier alpha value is -10.6. The number of oxime groups is 1. The predicted octanol–water partition coefficient (Wildman–Crippen LogP) is 16.1. The van der Waals surface area contributed by atoms with E-state index in [9.17, 15) is 43.7 Å². The third kappa shape index (κ3) is 17.3. The van der Waals surface area contributed by atoms with Gasteiger partial charge in [0, 0.05) is 79.8 Å². The van der Waals surface area contributed by atoms with Gasteiger partial charge in [-0.15, -0.1) is 0 Å². The molecule has 0 bridgehead atoms. The number of aromatic nitrogens is 6. The molecule has 5 aromatic heterocycles. The van der Waals surface area contributed by atoms with Crippen LogP contribution in [0.5, 0.6) is 0 Å². The molecule has 13 rings (SSSR count). The van der Waals surface area contributed by atoms with Crippen molar-refractivity contribution in [3.05, 3.63) is 284 Å². The van der Waals surface area contributed by atoms with E-state index >= 15 is 0 Å². The number of carbonyl (C=O) groups excluding carboxylic acids is 1. The van der Waals surface area contributed by atoms with Crippen molar-refractivity contribution >= 4 is 165 Å². The highest BCUT2D eigenvalue weighted by molar-refractivity contribution is 7.92. The van der Waals surface area contributed by atoms with E-state index in [-0.39, 0.29) is 5.84 Å². The maximum atomic E-state index is 12.7. The summed E-state index contributed by atoms with van der Waals surface area (Å²) in [6, 6.07) is 57.6. The van der Waals surface area contributed by atoms with Crippen LogP contribution >= 0.6 is 46.4 Å². The molecule has 33 heteroatoms. The molecular formula is C78H80Cl4N14O11S4. The van der Waals surface area contributed by atoms with Crippen LogP contribution in [0.2, 0.25) is 20.1 Å². The topological polar surface area (TPSA) is 349 Å². The maximum absolute atomic E-state index is 12.7. The normalized spacial score (nSPS) is 14.2. The smallest absolute Gasteiger partial charge is 0.337 e. The van der Waals surface area contributed by atoms with E-state index < -0.39 is 68.3 Å². The van der Waals surface area contributed by atoms with Crippen LogP contribution in [0, 0.1) is 13.5 Å². The van der Waals surface area contributed by atoms with Crippen LogP contribution in [0.25, 0.3) is 48.5 Å². The molecule has 0 aliphatic carbocycles. The van der Waals surface area contributed by atoms with E-state index in [1.165, 1.54) is 0 Å². The lowest BCUT2D eigenvalue weighted by Gasteiger charge is -2.35. The number of halogens is 4. The van der Waals surface area contributed by atoms with Gasteiger partial charge in [-0.2, -0.15) is 4.98 Å². The van der Waals surface area contributed by atoms with E-state index in [4.69, 9.17) is 69.0 Å². The number of hydrogen-bond donors (Lipinski definition) is 7. The quantitative estimate of drug-likeness (QED) is 0.0103. The highest BCUT2D eigenvalue weighted by Gasteiger charge is 2.44. The van der Waals surface area contributed by atoms with Crippen LogP contribution in [-0.2, 0) is 67.2 Å². The molecule has 0 radical (unpaired) electrons. The zero-order valence-electron chi connectivity index (χ0n) is 61.5. The number of benzene rings is 8. The van der Waals surface area contributed by atoms with Crippen LogP contribution in [0.1, 0.15) is 87.3 Å². The zero-order chi connectivity index (χ0) is 80.8. The first kappa shape index (κ1) is 82.9. The molecule has 111 heavy (non-hydrogen) atoms. The molecule has 0 unspecified atom stereocenters. The van der Waals surface area contributed by atoms with Crippen molar-refractivity contribution in [2.45, 2.75) is 82.6 Å². The molecule has 13 aromatic rings. The fourth-order valence-electron chi connectivity index (χ4n) is 14.1. The summed E-state index contributed by atoms with van der Waals surface area (Å²) in [6.45, 7) is 17.5. The second-order valence-electron chi connectivity index (χ2n) is 26.1. The molecule has 0 aliphatic rings. The summed E-state index contributed by atoms with van der Waals surface area (Å²) in [7, 11) is -13.7. The number of fused-ring (bicyclic) bond motifs is 4. The van der Waals surface area contributed by atoms with Gasteiger partial charge in [-0.05, 0) is 169 Å². The highest BCUT2D eigenvalue weighted by Crippen LogP contribution is 2.44. The number of anilines is 4. The van der Waals surface area contributed by atoms with E-state index in [0.29, 0.717) is 102 Å². The van der Waals surface area contributed by atoms with E-state index in [2.05, 4.69) is 43.6 Å². The fraction of sp³-hybridized carbons (Fsp3) is 0.218. The number of amidine groups is 1. The number of sulfonamides is 4. The number of hydrogen-bond acceptors (Lipinski definition) is 14. The van der Waals surface area contributed by atoms with Crippen LogP contribution in [0.4, 0.5) is 22.7 Å². The van der Waals surface area contributed by atoms with Crippen molar-refractivity contribution in [2.75, 3.05) is 43.9 Å². The summed E-state index contributed by atoms with van der Waals surface area (Å²) < 4.78 is 117. The van der Waals surface area contributed by atoms with Crippen molar-refractivity contribution < 1.29 is 48.2 Å². The Balaban J connectivity index is 0.000000157. The van der Waals surface area contributed by atoms with Crippen LogP contribution in [0.15, 0.2) is 229 Å². The van der Waals surface area contributed by atoms with Gasteiger partial charge in [0.2, 0.25) is 57.7 Å². The van der Waals surface area contributed by atoms with Crippen LogP contribution in [-0.4, -0.2) is 104 Å². The van der Waals surface area contributed by atoms with Gasteiger partial charge in [0.25, 0.3) is 0 Å². The molecule has 0 spiro atoms. The molecule has 5 heterocycles. The second-order valence-corrected chi connectivity index (χ2v) is 34.9. The zero-order valence-corrected chi connectivity index (χ0v) is 67.8. The summed E-state index contributed by atoms with van der Waals surface area (Å²) >= 11 is 24.2. The summed E-state index contributed by atoms with van der Waals surface area (Å²) in [4.78, 5) is 21.2. The number of amides is 1. The molecule has 4 atom stereocenters. The third-order valence-electron chi connectivity index (χ3n) is 19.1. The van der Waals surface area contributed by atoms with Crippen molar-refractivity contribution in [2.24, 2.45) is 16.6 Å². The molecule has 8 aromatic carbocycles. The van der Waals surface area contributed by atoms with Gasteiger partial charge in [0.05, 0.1) is 75.4 Å². The van der Waals surface area contributed by atoms with Gasteiger partial charge in [-0.25, -0.2) is 40.2 Å². The van der Waals surface area contributed by atoms with Crippen LogP contribution < -0.4 is 30.4 Å². The minimum absolute atomic E-state index is 0.0105. The van der Waals surface area contributed by atoms with Crippen molar-refractivity contribution in [1.82, 2.24) is 28.4 Å². The number of primary amides is 1. The second kappa shape index (κ2) is 33.2. The number of nitrogens with one attached hydrogen (secondary N) is 4. The standard InChI is InChI=1S/C21H21ClN4O3S.C19H21ClN4O3S.C19H20ClN3O3S.C19H18ClN3O2S/c1-4-21(20-23-14(2)29-24-20,15-8-10-16(22)11-9-15)26-13-12-17-18(25-30(3,27)28)6-5-7-19(17)26;1-3-19(18(21)22-25,13-7-9-14(20)10-8-13)24-12-11-15-16(23-28(2,26)27)5-4-6-17(15)24;1-3-19(18(21)24,13-7-9-14(20)10-8-13)23-12-11-15-16(22-27(2,25)26)5-4-6-17(15)23;1-4-19(21-2,14-8-10-15(20)11-9-14)23-13-12-16-17(22-26(3,24)25)6-5-7-18(16)23/h5-13,25H,4H2,1-3H3;4-12,23,25H,3H2,1-2H3,(H2,21,22);4-12,22H,3H2,1-2H3,(H2,21,24);5-13,22H,4H2,1,3H3/t21-;3*19-/m1111/s1. The summed E-state index contributed by atoms with van der Waals surface area (Å²) in [6.07, 6.45) is 13.8.